The maximum absolute atomic E-state index is 11.8. The maximum atomic E-state index is 11.8. The molecule has 0 atom stereocenters. The fraction of sp³-hybridized carbons (Fsp3) is 0.345. The number of phenols is 1. The lowest BCUT2D eigenvalue weighted by molar-refractivity contribution is 0.0691. The first-order valence-corrected chi connectivity index (χ1v) is 12.4. The Morgan fingerprint density at radius 3 is 2.22 bits per heavy atom. The third kappa shape index (κ3) is 7.46. The van der Waals surface area contributed by atoms with Crippen LogP contribution in [0.1, 0.15) is 77.7 Å². The number of benzene rings is 2. The highest BCUT2D eigenvalue weighted by Gasteiger charge is 2.16. The molecule has 0 aliphatic carbocycles. The van der Waals surface area contributed by atoms with Crippen molar-refractivity contribution in [1.82, 2.24) is 4.98 Å². The number of carboxylic acid groups (broad SMARTS) is 1. The van der Waals surface area contributed by atoms with E-state index in [-0.39, 0.29) is 35.9 Å². The third-order valence-electron chi connectivity index (χ3n) is 5.68. The van der Waals surface area contributed by atoms with E-state index >= 15 is 0 Å². The van der Waals surface area contributed by atoms with Gasteiger partial charge in [-0.3, -0.25) is 9.78 Å². The minimum Gasteiger partial charge on any atom is -0.507 e. The van der Waals surface area contributed by atoms with Crippen molar-refractivity contribution < 1.29 is 34.0 Å². The summed E-state index contributed by atoms with van der Waals surface area (Å²) in [5, 5.41) is 20.1. The fourth-order valence-electron chi connectivity index (χ4n) is 3.75. The van der Waals surface area contributed by atoms with Crippen molar-refractivity contribution in [3.05, 3.63) is 76.6 Å². The van der Waals surface area contributed by atoms with E-state index in [4.69, 9.17) is 14.2 Å². The zero-order valence-electron chi connectivity index (χ0n) is 21.5. The van der Waals surface area contributed by atoms with Crippen LogP contribution in [0.5, 0.6) is 23.0 Å². The molecule has 0 saturated carbocycles. The van der Waals surface area contributed by atoms with Gasteiger partial charge in [0, 0.05) is 5.56 Å². The summed E-state index contributed by atoms with van der Waals surface area (Å²) in [6, 6.07) is 13.4. The number of ether oxygens (including phenoxy) is 3. The lowest BCUT2D eigenvalue weighted by Crippen LogP contribution is -2.07. The number of carboxylic acids is 1. The van der Waals surface area contributed by atoms with Gasteiger partial charge in [0.05, 0.1) is 23.6 Å². The summed E-state index contributed by atoms with van der Waals surface area (Å²) < 4.78 is 17.3. The van der Waals surface area contributed by atoms with Crippen LogP contribution in [0.25, 0.3) is 0 Å². The van der Waals surface area contributed by atoms with Crippen molar-refractivity contribution in [2.75, 3.05) is 6.61 Å². The number of carbonyl (C=O) groups excluding carboxylic acids is 1. The number of hydrogen-bond acceptors (Lipinski definition) is 7. The van der Waals surface area contributed by atoms with Gasteiger partial charge in [0.1, 0.15) is 41.8 Å². The van der Waals surface area contributed by atoms with Gasteiger partial charge in [0.25, 0.3) is 0 Å². The number of ketones is 1. The first kappa shape index (κ1) is 27.5. The molecule has 1 heterocycles. The molecule has 196 valence electrons. The Balaban J connectivity index is 1.67. The highest BCUT2D eigenvalue weighted by Crippen LogP contribution is 2.33. The second kappa shape index (κ2) is 13.3. The summed E-state index contributed by atoms with van der Waals surface area (Å²) in [5.74, 6) is -0.104. The summed E-state index contributed by atoms with van der Waals surface area (Å²) in [7, 11) is 0. The predicted octanol–water partition coefficient (Wildman–Crippen LogP) is 5.98. The molecule has 0 fully saturated rings. The van der Waals surface area contributed by atoms with Gasteiger partial charge >= 0.3 is 5.97 Å². The second-order valence-electron chi connectivity index (χ2n) is 8.61. The van der Waals surface area contributed by atoms with Gasteiger partial charge in [0.2, 0.25) is 0 Å². The Morgan fingerprint density at radius 1 is 0.865 bits per heavy atom. The van der Waals surface area contributed by atoms with Crippen LogP contribution in [0.3, 0.4) is 0 Å². The van der Waals surface area contributed by atoms with Crippen LogP contribution in [0.4, 0.5) is 0 Å². The third-order valence-corrected chi connectivity index (χ3v) is 5.68. The van der Waals surface area contributed by atoms with Crippen molar-refractivity contribution in [3.63, 3.8) is 0 Å². The molecule has 1 aromatic heterocycles. The van der Waals surface area contributed by atoms with E-state index in [0.29, 0.717) is 47.2 Å². The fourth-order valence-corrected chi connectivity index (χ4v) is 3.75. The van der Waals surface area contributed by atoms with Gasteiger partial charge in [-0.2, -0.15) is 0 Å². The average molecular weight is 508 g/mol. The van der Waals surface area contributed by atoms with E-state index < -0.39 is 5.97 Å². The lowest BCUT2D eigenvalue weighted by atomic mass is 10.0. The molecule has 0 bridgehead atoms. The number of Topliss-reactive ketones (excluding diaryl/α,β-unsaturated/α-hetero) is 1. The summed E-state index contributed by atoms with van der Waals surface area (Å²) in [6.07, 6.45) is 3.15. The lowest BCUT2D eigenvalue weighted by Gasteiger charge is -2.15. The number of pyridine rings is 1. The number of phenolic OH excluding ortho intramolecular Hbond substituents is 1. The number of rotatable bonds is 14. The van der Waals surface area contributed by atoms with Crippen LogP contribution in [0.2, 0.25) is 0 Å². The van der Waals surface area contributed by atoms with Crippen LogP contribution in [0, 0.1) is 0 Å². The molecule has 0 spiro atoms. The molecule has 37 heavy (non-hydrogen) atoms. The average Bonchev–Trinajstić information content (AvgIpc) is 2.88. The van der Waals surface area contributed by atoms with Crippen LogP contribution >= 0.6 is 0 Å². The van der Waals surface area contributed by atoms with Crippen LogP contribution < -0.4 is 14.2 Å². The molecule has 3 rings (SSSR count). The molecule has 0 saturated heterocycles. The quantitative estimate of drug-likeness (QED) is 0.202. The Labute approximate surface area is 216 Å². The number of nitrogens with zero attached hydrogens (tertiary/aromatic N) is 1. The zero-order valence-corrected chi connectivity index (χ0v) is 21.5. The van der Waals surface area contributed by atoms with Crippen LogP contribution in [-0.4, -0.2) is 33.6 Å². The molecule has 8 nitrogen and oxygen atoms in total. The number of aromatic carboxylic acids is 1. The minimum absolute atomic E-state index is 0.0375. The number of carbonyl (C=O) groups is 2. The van der Waals surface area contributed by atoms with Crippen molar-refractivity contribution in [2.24, 2.45) is 0 Å². The normalized spacial score (nSPS) is 10.7. The van der Waals surface area contributed by atoms with Crippen molar-refractivity contribution in [1.29, 1.82) is 0 Å². The number of unbranched alkanes of at least 4 members (excludes halogenated alkanes) is 1. The standard InChI is InChI=1S/C29H33NO7/c1-4-6-15-35-27-13-11-22(16-25(27)29(33)34)36-17-20-9-7-10-21(30-20)18-37-26-14-12-23(19(3)31)28(32)24(26)8-5-2/h7,9-14,16,32H,4-6,8,15,17-18H2,1-3H3,(H,33,34). The van der Waals surface area contributed by atoms with Gasteiger partial charge < -0.3 is 24.4 Å². The van der Waals surface area contributed by atoms with E-state index in [0.717, 1.165) is 19.3 Å². The van der Waals surface area contributed by atoms with Crippen LogP contribution in [-0.2, 0) is 19.6 Å². The number of aromatic nitrogens is 1. The molecule has 3 aromatic rings. The summed E-state index contributed by atoms with van der Waals surface area (Å²) in [6.45, 7) is 6.20. The molecule has 0 unspecified atom stereocenters. The predicted molar refractivity (Wildman–Crippen MR) is 139 cm³/mol. The van der Waals surface area contributed by atoms with Gasteiger partial charge in [-0.15, -0.1) is 0 Å². The molecule has 0 amide bonds. The minimum atomic E-state index is -1.08. The van der Waals surface area contributed by atoms with Crippen molar-refractivity contribution >= 4 is 11.8 Å². The molecular weight excluding hydrogens is 474 g/mol. The van der Waals surface area contributed by atoms with Crippen molar-refractivity contribution in [3.8, 4) is 23.0 Å². The van der Waals surface area contributed by atoms with E-state index in [1.807, 2.05) is 26.0 Å². The highest BCUT2D eigenvalue weighted by atomic mass is 16.5. The summed E-state index contributed by atoms with van der Waals surface area (Å²) in [4.78, 5) is 28.0. The number of hydrogen-bond donors (Lipinski definition) is 2. The largest absolute Gasteiger partial charge is 0.507 e. The smallest absolute Gasteiger partial charge is 0.339 e. The summed E-state index contributed by atoms with van der Waals surface area (Å²) >= 11 is 0. The molecule has 0 aliphatic heterocycles. The number of aromatic hydroxyl groups is 1. The first-order chi connectivity index (χ1) is 17.8. The molecule has 8 heteroatoms. The van der Waals surface area contributed by atoms with E-state index in [1.54, 1.807) is 30.3 Å². The van der Waals surface area contributed by atoms with E-state index in [1.165, 1.54) is 13.0 Å². The maximum Gasteiger partial charge on any atom is 0.339 e. The topological polar surface area (TPSA) is 115 Å². The molecule has 0 aliphatic rings. The SMILES string of the molecule is CCCCOc1ccc(OCc2cccc(COc3ccc(C(C)=O)c(O)c3CCC)n2)cc1C(=O)O. The molecule has 0 radical (unpaired) electrons. The second-order valence-corrected chi connectivity index (χ2v) is 8.61. The first-order valence-electron chi connectivity index (χ1n) is 12.4. The summed E-state index contributed by atoms with van der Waals surface area (Å²) in [5.41, 5.74) is 2.23. The van der Waals surface area contributed by atoms with E-state index in [2.05, 4.69) is 4.98 Å². The zero-order chi connectivity index (χ0) is 26.8. The Hall–Kier alpha value is -4.07. The van der Waals surface area contributed by atoms with E-state index in [9.17, 15) is 19.8 Å². The van der Waals surface area contributed by atoms with Gasteiger partial charge in [-0.25, -0.2) is 4.79 Å². The van der Waals surface area contributed by atoms with Gasteiger partial charge in [-0.1, -0.05) is 32.8 Å². The molecule has 2 aromatic carbocycles. The Kier molecular flexibility index (Phi) is 9.89. The van der Waals surface area contributed by atoms with Crippen molar-refractivity contribution in [2.45, 2.75) is 59.7 Å². The Bertz CT molecular complexity index is 1240. The van der Waals surface area contributed by atoms with Gasteiger partial charge in [-0.05, 0) is 62.2 Å². The van der Waals surface area contributed by atoms with Gasteiger partial charge in [0.15, 0.2) is 5.78 Å². The highest BCUT2D eigenvalue weighted by molar-refractivity contribution is 5.97. The Morgan fingerprint density at radius 2 is 1.57 bits per heavy atom. The molecular formula is C29H33NO7. The van der Waals surface area contributed by atoms with Crippen LogP contribution in [0.15, 0.2) is 48.5 Å². The molecule has 2 N–H and O–H groups in total. The monoisotopic (exact) mass is 507 g/mol.